The molecule has 0 aliphatic heterocycles. The van der Waals surface area contributed by atoms with Gasteiger partial charge in [-0.15, -0.1) is 0 Å². The molecule has 0 rings (SSSR count). The molecule has 0 aromatic rings. The van der Waals surface area contributed by atoms with E-state index in [4.69, 9.17) is 4.74 Å². The van der Waals surface area contributed by atoms with Crippen molar-refractivity contribution < 1.29 is 14.3 Å². The Bertz CT molecular complexity index is 359. The minimum atomic E-state index is -0.329. The first-order valence-corrected chi connectivity index (χ1v) is 7.02. The van der Waals surface area contributed by atoms with E-state index in [-0.39, 0.29) is 35.5 Å². The number of hydrogen-bond donors (Lipinski definition) is 1. The van der Waals surface area contributed by atoms with Crippen LogP contribution in [0.25, 0.3) is 0 Å². The van der Waals surface area contributed by atoms with Gasteiger partial charge in [0.05, 0.1) is 13.0 Å². The molecule has 1 amide bonds. The van der Waals surface area contributed by atoms with Crippen LogP contribution in [-0.2, 0) is 14.3 Å². The van der Waals surface area contributed by atoms with Gasteiger partial charge < -0.3 is 10.1 Å². The number of carbonyl (C=O) groups is 2. The average molecular weight is 283 g/mol. The quantitative estimate of drug-likeness (QED) is 0.602. The third kappa shape index (κ3) is 9.59. The summed E-state index contributed by atoms with van der Waals surface area (Å²) < 4.78 is 5.10. The molecule has 0 aliphatic carbocycles. The Morgan fingerprint density at radius 1 is 1.05 bits per heavy atom. The lowest BCUT2D eigenvalue weighted by atomic mass is 9.87. The van der Waals surface area contributed by atoms with E-state index in [1.807, 2.05) is 41.5 Å². The first-order chi connectivity index (χ1) is 8.92. The highest BCUT2D eigenvalue weighted by molar-refractivity contribution is 5.81. The number of esters is 1. The second-order valence-electron chi connectivity index (χ2n) is 7.35. The van der Waals surface area contributed by atoms with Gasteiger partial charge in [-0.05, 0) is 10.8 Å². The van der Waals surface area contributed by atoms with Crippen LogP contribution < -0.4 is 5.32 Å². The van der Waals surface area contributed by atoms with Gasteiger partial charge in [0.1, 0.15) is 0 Å². The van der Waals surface area contributed by atoms with Crippen LogP contribution >= 0.6 is 0 Å². The molecule has 0 spiro atoms. The summed E-state index contributed by atoms with van der Waals surface area (Å²) >= 11 is 0. The molecule has 4 heteroatoms. The smallest absolute Gasteiger partial charge is 0.306 e. The number of rotatable bonds is 6. The zero-order valence-corrected chi connectivity index (χ0v) is 13.8. The van der Waals surface area contributed by atoms with Crippen LogP contribution in [0.3, 0.4) is 0 Å². The largest absolute Gasteiger partial charge is 0.465 e. The molecule has 0 aromatic carbocycles. The Hall–Kier alpha value is -1.32. The summed E-state index contributed by atoms with van der Waals surface area (Å²) in [7, 11) is 0. The highest BCUT2D eigenvalue weighted by Gasteiger charge is 2.17. The molecule has 0 aliphatic rings. The molecule has 0 atom stereocenters. The summed E-state index contributed by atoms with van der Waals surface area (Å²) in [5, 5.41) is 2.77. The topological polar surface area (TPSA) is 55.4 Å². The molecule has 0 heterocycles. The lowest BCUT2D eigenvalue weighted by Crippen LogP contribution is -2.29. The number of amides is 1. The van der Waals surface area contributed by atoms with Crippen molar-refractivity contribution >= 4 is 11.9 Å². The van der Waals surface area contributed by atoms with Crippen molar-refractivity contribution in [3.05, 3.63) is 12.2 Å². The van der Waals surface area contributed by atoms with E-state index in [1.165, 1.54) is 0 Å². The number of hydrogen-bond acceptors (Lipinski definition) is 3. The second-order valence-corrected chi connectivity index (χ2v) is 7.35. The van der Waals surface area contributed by atoms with Gasteiger partial charge in [0.25, 0.3) is 0 Å². The summed E-state index contributed by atoms with van der Waals surface area (Å²) in [6.07, 6.45) is 0.268. The van der Waals surface area contributed by atoms with Gasteiger partial charge in [-0.2, -0.15) is 0 Å². The van der Waals surface area contributed by atoms with Crippen LogP contribution in [-0.4, -0.2) is 25.0 Å². The molecule has 0 saturated carbocycles. The highest BCUT2D eigenvalue weighted by atomic mass is 16.5. The first kappa shape index (κ1) is 18.7. The van der Waals surface area contributed by atoms with Crippen molar-refractivity contribution in [3.8, 4) is 0 Å². The minimum Gasteiger partial charge on any atom is -0.465 e. The number of carbonyl (C=O) groups excluding carboxylic acids is 2. The fourth-order valence-electron chi connectivity index (χ4n) is 1.14. The Morgan fingerprint density at radius 3 is 2.05 bits per heavy atom. The van der Waals surface area contributed by atoms with Gasteiger partial charge in [0.2, 0.25) is 5.91 Å². The van der Waals surface area contributed by atoms with Crippen molar-refractivity contribution in [1.82, 2.24) is 5.32 Å². The summed E-state index contributed by atoms with van der Waals surface area (Å²) in [6, 6.07) is 0. The van der Waals surface area contributed by atoms with Crippen LogP contribution in [0.4, 0.5) is 0 Å². The Balaban J connectivity index is 3.89. The zero-order chi connectivity index (χ0) is 16.0. The van der Waals surface area contributed by atoms with Crippen molar-refractivity contribution in [1.29, 1.82) is 0 Å². The fourth-order valence-corrected chi connectivity index (χ4v) is 1.14. The molecule has 0 radical (unpaired) electrons. The Kier molecular flexibility index (Phi) is 6.97. The van der Waals surface area contributed by atoms with Gasteiger partial charge in [0, 0.05) is 13.0 Å². The Morgan fingerprint density at radius 2 is 1.60 bits per heavy atom. The van der Waals surface area contributed by atoms with Crippen LogP contribution in [0.1, 0.15) is 54.4 Å². The average Bonchev–Trinajstić information content (AvgIpc) is 2.28. The van der Waals surface area contributed by atoms with Crippen molar-refractivity contribution in [3.63, 3.8) is 0 Å². The van der Waals surface area contributed by atoms with E-state index in [1.54, 1.807) is 0 Å². The van der Waals surface area contributed by atoms with Gasteiger partial charge >= 0.3 is 5.97 Å². The van der Waals surface area contributed by atoms with E-state index in [9.17, 15) is 9.59 Å². The summed E-state index contributed by atoms with van der Waals surface area (Å²) in [5.41, 5.74) is 0.877. The molecule has 4 nitrogen and oxygen atoms in total. The molecule has 116 valence electrons. The molecule has 0 aromatic heterocycles. The minimum absolute atomic E-state index is 0.0289. The SMILES string of the molecule is C=C(CNC(=O)CCC(=O)OCC(C)(C)C)C(C)(C)C. The number of ether oxygens (including phenoxy) is 1. The predicted molar refractivity (Wildman–Crippen MR) is 81.3 cm³/mol. The lowest BCUT2D eigenvalue weighted by Gasteiger charge is -2.22. The van der Waals surface area contributed by atoms with Crippen LogP contribution in [0.5, 0.6) is 0 Å². The predicted octanol–water partition coefficient (Wildman–Crippen LogP) is 3.07. The normalized spacial score (nSPS) is 11.9. The maximum atomic E-state index is 11.6. The number of nitrogens with one attached hydrogen (secondary N) is 1. The van der Waals surface area contributed by atoms with Crippen molar-refractivity contribution in [2.75, 3.05) is 13.2 Å². The molecular formula is C16H29NO3. The van der Waals surface area contributed by atoms with E-state index in [0.717, 1.165) is 5.57 Å². The molecular weight excluding hydrogens is 254 g/mol. The second kappa shape index (κ2) is 7.46. The molecule has 0 saturated heterocycles. The van der Waals surface area contributed by atoms with E-state index in [2.05, 4.69) is 11.9 Å². The lowest BCUT2D eigenvalue weighted by molar-refractivity contribution is -0.147. The van der Waals surface area contributed by atoms with Crippen LogP contribution in [0.2, 0.25) is 0 Å². The maximum Gasteiger partial charge on any atom is 0.306 e. The zero-order valence-electron chi connectivity index (χ0n) is 13.8. The highest BCUT2D eigenvalue weighted by Crippen LogP contribution is 2.22. The molecule has 0 bridgehead atoms. The summed E-state index contributed by atoms with van der Waals surface area (Å²) in [5.74, 6) is -0.479. The van der Waals surface area contributed by atoms with Gasteiger partial charge in [-0.3, -0.25) is 9.59 Å². The molecule has 20 heavy (non-hydrogen) atoms. The van der Waals surface area contributed by atoms with Gasteiger partial charge in [-0.1, -0.05) is 53.7 Å². The maximum absolute atomic E-state index is 11.6. The van der Waals surface area contributed by atoms with E-state index < -0.39 is 0 Å². The summed E-state index contributed by atoms with van der Waals surface area (Å²) in [6.45, 7) is 16.9. The molecule has 0 unspecified atom stereocenters. The van der Waals surface area contributed by atoms with Crippen molar-refractivity contribution in [2.45, 2.75) is 54.4 Å². The van der Waals surface area contributed by atoms with E-state index in [0.29, 0.717) is 13.2 Å². The fraction of sp³-hybridized carbons (Fsp3) is 0.750. The molecule has 1 N–H and O–H groups in total. The van der Waals surface area contributed by atoms with E-state index >= 15 is 0 Å². The van der Waals surface area contributed by atoms with Crippen LogP contribution in [0.15, 0.2) is 12.2 Å². The first-order valence-electron chi connectivity index (χ1n) is 7.02. The van der Waals surface area contributed by atoms with Gasteiger partial charge in [-0.25, -0.2) is 0 Å². The van der Waals surface area contributed by atoms with Crippen LogP contribution in [0, 0.1) is 10.8 Å². The van der Waals surface area contributed by atoms with Crippen molar-refractivity contribution in [2.24, 2.45) is 10.8 Å². The third-order valence-corrected chi connectivity index (χ3v) is 2.78. The molecule has 0 fully saturated rings. The monoisotopic (exact) mass is 283 g/mol. The Labute approximate surface area is 123 Å². The van der Waals surface area contributed by atoms with Gasteiger partial charge in [0.15, 0.2) is 0 Å². The summed E-state index contributed by atoms with van der Waals surface area (Å²) in [4.78, 5) is 23.1. The third-order valence-electron chi connectivity index (χ3n) is 2.78. The standard InChI is InChI=1S/C16H29NO3/c1-12(16(5,6)7)10-17-13(18)8-9-14(19)20-11-15(2,3)4/h1,8-11H2,2-7H3,(H,17,18).